The van der Waals surface area contributed by atoms with Crippen LogP contribution in [0.3, 0.4) is 0 Å². The van der Waals surface area contributed by atoms with Gasteiger partial charge >= 0.3 is 17.6 Å². The van der Waals surface area contributed by atoms with E-state index in [1.807, 2.05) is 0 Å². The number of esters is 2. The molecule has 1 N–H and O–H groups in total. The van der Waals surface area contributed by atoms with E-state index in [-0.39, 0.29) is 22.3 Å². The summed E-state index contributed by atoms with van der Waals surface area (Å²) < 4.78 is 15.2. The van der Waals surface area contributed by atoms with Crippen molar-refractivity contribution in [1.29, 1.82) is 0 Å². The molecular weight excluding hydrogens is 328 g/mol. The molecule has 0 atom stereocenters. The Hall–Kier alpha value is -3.61. The minimum absolute atomic E-state index is 0.000851. The average molecular weight is 340 g/mol. The molecule has 0 spiro atoms. The van der Waals surface area contributed by atoms with Gasteiger partial charge in [-0.3, -0.25) is 4.79 Å². The van der Waals surface area contributed by atoms with E-state index in [1.54, 1.807) is 18.2 Å². The van der Waals surface area contributed by atoms with Crippen LogP contribution in [0.15, 0.2) is 57.7 Å². The zero-order chi connectivity index (χ0) is 18.0. The summed E-state index contributed by atoms with van der Waals surface area (Å²) in [4.78, 5) is 35.3. The summed E-state index contributed by atoms with van der Waals surface area (Å²) >= 11 is 0. The lowest BCUT2D eigenvalue weighted by Gasteiger charge is -2.11. The molecule has 7 heteroatoms. The first-order valence-corrected chi connectivity index (χ1v) is 7.22. The van der Waals surface area contributed by atoms with E-state index < -0.39 is 29.1 Å². The number of hydrogen-bond acceptors (Lipinski definition) is 7. The minimum Gasteiger partial charge on any atom is -0.499 e. The van der Waals surface area contributed by atoms with Crippen LogP contribution < -0.4 is 15.1 Å². The average Bonchev–Trinajstić information content (AvgIpc) is 2.59. The molecule has 0 unspecified atom stereocenters. The second-order valence-corrected chi connectivity index (χ2v) is 5.05. The summed E-state index contributed by atoms with van der Waals surface area (Å²) in [6, 6.07) is 12.4. The number of aromatic hydroxyl groups is 1. The van der Waals surface area contributed by atoms with Gasteiger partial charge in [-0.1, -0.05) is 24.3 Å². The Morgan fingerprint density at radius 3 is 2.40 bits per heavy atom. The highest BCUT2D eigenvalue weighted by atomic mass is 16.6. The van der Waals surface area contributed by atoms with Crippen LogP contribution in [0.5, 0.6) is 17.2 Å². The maximum atomic E-state index is 12.3. The highest BCUT2D eigenvalue weighted by Crippen LogP contribution is 2.38. The molecule has 0 aliphatic heterocycles. The van der Waals surface area contributed by atoms with E-state index in [0.717, 1.165) is 0 Å². The highest BCUT2D eigenvalue weighted by molar-refractivity contribution is 5.98. The second kappa shape index (κ2) is 6.48. The van der Waals surface area contributed by atoms with Gasteiger partial charge in [0.15, 0.2) is 5.75 Å². The number of carbonyl (C=O) groups is 2. The van der Waals surface area contributed by atoms with Crippen molar-refractivity contribution in [3.63, 3.8) is 0 Å². The Balaban J connectivity index is 2.18. The Morgan fingerprint density at radius 1 is 1.00 bits per heavy atom. The number of rotatable bonds is 3. The fraction of sp³-hybridized carbons (Fsp3) is 0.0556. The van der Waals surface area contributed by atoms with Gasteiger partial charge in [-0.25, -0.2) is 9.59 Å². The molecular formula is C18H12O7. The summed E-state index contributed by atoms with van der Waals surface area (Å²) in [5.74, 6) is -2.76. The smallest absolute Gasteiger partial charge is 0.382 e. The van der Waals surface area contributed by atoms with Gasteiger partial charge in [-0.2, -0.15) is 0 Å². The lowest BCUT2D eigenvalue weighted by atomic mass is 10.2. The molecule has 0 saturated carbocycles. The van der Waals surface area contributed by atoms with E-state index in [1.165, 1.54) is 37.3 Å². The van der Waals surface area contributed by atoms with Gasteiger partial charge in [0.2, 0.25) is 5.75 Å². The molecule has 126 valence electrons. The quantitative estimate of drug-likeness (QED) is 0.444. The monoisotopic (exact) mass is 340 g/mol. The van der Waals surface area contributed by atoms with Gasteiger partial charge < -0.3 is 19.0 Å². The fourth-order valence-electron chi connectivity index (χ4n) is 2.24. The van der Waals surface area contributed by atoms with Crippen LogP contribution >= 0.6 is 0 Å². The Labute approximate surface area is 141 Å². The van der Waals surface area contributed by atoms with Crippen LogP contribution in [0.1, 0.15) is 17.3 Å². The van der Waals surface area contributed by atoms with Crippen molar-refractivity contribution in [3.05, 3.63) is 64.5 Å². The highest BCUT2D eigenvalue weighted by Gasteiger charge is 2.22. The summed E-state index contributed by atoms with van der Waals surface area (Å²) in [6.45, 7) is 1.19. The third-order valence-corrected chi connectivity index (χ3v) is 3.28. The largest absolute Gasteiger partial charge is 0.499 e. The zero-order valence-electron chi connectivity index (χ0n) is 13.0. The normalized spacial score (nSPS) is 10.4. The maximum Gasteiger partial charge on any atom is 0.382 e. The summed E-state index contributed by atoms with van der Waals surface area (Å²) in [7, 11) is 0. The van der Waals surface area contributed by atoms with Crippen molar-refractivity contribution in [2.75, 3.05) is 0 Å². The molecule has 0 radical (unpaired) electrons. The standard InChI is InChI=1S/C18H12O7/c1-10(19)23-12-8-5-9-13-14(12)16(15(20)18(22)24-13)25-17(21)11-6-3-2-4-7-11/h2-9,20H,1H3. The third-order valence-electron chi connectivity index (χ3n) is 3.28. The number of fused-ring (bicyclic) bond motifs is 1. The molecule has 3 aromatic rings. The van der Waals surface area contributed by atoms with Crippen LogP contribution in [-0.4, -0.2) is 17.0 Å². The van der Waals surface area contributed by atoms with Crippen molar-refractivity contribution < 1.29 is 28.6 Å². The van der Waals surface area contributed by atoms with Crippen LogP contribution in [0.4, 0.5) is 0 Å². The molecule has 0 aliphatic rings. The molecule has 0 saturated heterocycles. The Kier molecular flexibility index (Phi) is 4.21. The van der Waals surface area contributed by atoms with E-state index in [2.05, 4.69) is 0 Å². The Bertz CT molecular complexity index is 1020. The van der Waals surface area contributed by atoms with Gasteiger partial charge in [0.25, 0.3) is 0 Å². The molecule has 1 aromatic heterocycles. The molecule has 25 heavy (non-hydrogen) atoms. The first-order chi connectivity index (χ1) is 12.0. The van der Waals surface area contributed by atoms with Gasteiger partial charge in [0.05, 0.1) is 5.56 Å². The van der Waals surface area contributed by atoms with Crippen molar-refractivity contribution >= 4 is 22.9 Å². The van der Waals surface area contributed by atoms with Crippen LogP contribution in [0.25, 0.3) is 11.0 Å². The predicted molar refractivity (Wildman–Crippen MR) is 86.9 cm³/mol. The van der Waals surface area contributed by atoms with Gasteiger partial charge in [-0.05, 0) is 24.3 Å². The van der Waals surface area contributed by atoms with Crippen molar-refractivity contribution in [3.8, 4) is 17.2 Å². The molecule has 7 nitrogen and oxygen atoms in total. The fourth-order valence-corrected chi connectivity index (χ4v) is 2.24. The molecule has 3 rings (SSSR count). The maximum absolute atomic E-state index is 12.3. The van der Waals surface area contributed by atoms with Crippen LogP contribution in [-0.2, 0) is 4.79 Å². The number of carbonyl (C=O) groups excluding carboxylic acids is 2. The summed E-state index contributed by atoms with van der Waals surface area (Å²) in [6.07, 6.45) is 0. The Morgan fingerprint density at radius 2 is 1.72 bits per heavy atom. The lowest BCUT2D eigenvalue weighted by Crippen LogP contribution is -2.12. The van der Waals surface area contributed by atoms with Crippen LogP contribution in [0.2, 0.25) is 0 Å². The van der Waals surface area contributed by atoms with Gasteiger partial charge in [-0.15, -0.1) is 0 Å². The summed E-state index contributed by atoms with van der Waals surface area (Å²) in [5, 5.41) is 10.0. The van der Waals surface area contributed by atoms with Crippen LogP contribution in [0, 0.1) is 0 Å². The number of ether oxygens (including phenoxy) is 2. The zero-order valence-corrected chi connectivity index (χ0v) is 13.0. The first-order valence-electron chi connectivity index (χ1n) is 7.22. The third kappa shape index (κ3) is 3.20. The predicted octanol–water partition coefficient (Wildman–Crippen LogP) is 2.64. The van der Waals surface area contributed by atoms with E-state index >= 15 is 0 Å². The minimum atomic E-state index is -1.08. The molecule has 0 fully saturated rings. The van der Waals surface area contributed by atoms with Crippen molar-refractivity contribution in [1.82, 2.24) is 0 Å². The van der Waals surface area contributed by atoms with Gasteiger partial charge in [0, 0.05) is 6.92 Å². The SMILES string of the molecule is CC(=O)Oc1cccc2oc(=O)c(O)c(OC(=O)c3ccccc3)c12. The van der Waals surface area contributed by atoms with Gasteiger partial charge in [0.1, 0.15) is 16.7 Å². The number of hydrogen-bond donors (Lipinski definition) is 1. The number of benzene rings is 2. The van der Waals surface area contributed by atoms with Crippen molar-refractivity contribution in [2.24, 2.45) is 0 Å². The topological polar surface area (TPSA) is 103 Å². The second-order valence-electron chi connectivity index (χ2n) is 5.05. The molecule has 0 aliphatic carbocycles. The summed E-state index contributed by atoms with van der Waals surface area (Å²) in [5.41, 5.74) is -0.867. The molecule has 0 amide bonds. The first kappa shape index (κ1) is 16.3. The lowest BCUT2D eigenvalue weighted by molar-refractivity contribution is -0.131. The molecule has 0 bridgehead atoms. The van der Waals surface area contributed by atoms with E-state index in [9.17, 15) is 19.5 Å². The molecule has 1 heterocycles. The van der Waals surface area contributed by atoms with Crippen molar-refractivity contribution in [2.45, 2.75) is 6.92 Å². The molecule has 2 aromatic carbocycles. The van der Waals surface area contributed by atoms with E-state index in [0.29, 0.717) is 0 Å². The van der Waals surface area contributed by atoms with E-state index in [4.69, 9.17) is 13.9 Å².